The minimum absolute atomic E-state index is 0.0598. The van der Waals surface area contributed by atoms with Crippen LogP contribution in [-0.2, 0) is 13.1 Å². The number of hydrogen-bond acceptors (Lipinski definition) is 4. The number of piperidine rings is 1. The third-order valence-corrected chi connectivity index (χ3v) is 6.60. The molecule has 2 fully saturated rings. The Morgan fingerprint density at radius 2 is 1.81 bits per heavy atom. The molecule has 1 saturated heterocycles. The third kappa shape index (κ3) is 2.90. The van der Waals surface area contributed by atoms with E-state index in [1.165, 1.54) is 9.47 Å². The Morgan fingerprint density at radius 1 is 1.12 bits per heavy atom. The monoisotopic (exact) mass is 451 g/mol. The topological polar surface area (TPSA) is 91.6 Å². The average Bonchev–Trinajstić information content (AvgIpc) is 3.27. The maximum absolute atomic E-state index is 14.1. The van der Waals surface area contributed by atoms with Crippen molar-refractivity contribution >= 4 is 11.8 Å². The zero-order valence-electron chi connectivity index (χ0n) is 16.4. The molecular weight excluding hydrogens is 434 g/mol. The second-order valence-electron chi connectivity index (χ2n) is 8.35. The Morgan fingerprint density at radius 3 is 2.50 bits per heavy atom. The summed E-state index contributed by atoms with van der Waals surface area (Å²) in [6.45, 7) is -0.500. The van der Waals surface area contributed by atoms with Crippen molar-refractivity contribution in [2.75, 3.05) is 0 Å². The van der Waals surface area contributed by atoms with Gasteiger partial charge < -0.3 is 19.9 Å². The fraction of sp³-hybridized carbons (Fsp3) is 0.381. The molecule has 2 N–H and O–H groups in total. The van der Waals surface area contributed by atoms with Gasteiger partial charge in [-0.1, -0.05) is 0 Å². The molecule has 3 aliphatic rings. The Hall–Kier alpha value is -3.37. The van der Waals surface area contributed by atoms with E-state index in [1.54, 1.807) is 0 Å². The highest BCUT2D eigenvalue weighted by Crippen LogP contribution is 2.47. The fourth-order valence-corrected chi connectivity index (χ4v) is 5.12. The molecule has 2 amide bonds. The summed E-state index contributed by atoms with van der Waals surface area (Å²) in [6, 6.07) is 0.00828. The summed E-state index contributed by atoms with van der Waals surface area (Å²) in [5.74, 6) is -6.24. The van der Waals surface area contributed by atoms with Gasteiger partial charge in [0.1, 0.15) is 29.2 Å². The van der Waals surface area contributed by atoms with Crippen molar-refractivity contribution in [3.63, 3.8) is 0 Å². The van der Waals surface area contributed by atoms with Gasteiger partial charge in [0.25, 0.3) is 11.8 Å². The molecule has 11 heteroatoms. The van der Waals surface area contributed by atoms with Crippen LogP contribution >= 0.6 is 0 Å². The molecule has 0 radical (unpaired) electrons. The van der Waals surface area contributed by atoms with E-state index in [9.17, 15) is 37.1 Å². The molecule has 3 heterocycles. The lowest BCUT2D eigenvalue weighted by Crippen LogP contribution is -2.55. The van der Waals surface area contributed by atoms with Gasteiger partial charge in [0, 0.05) is 37.0 Å². The van der Waals surface area contributed by atoms with Crippen molar-refractivity contribution in [3.05, 3.63) is 62.8 Å². The molecule has 1 aromatic carbocycles. The number of amides is 2. The van der Waals surface area contributed by atoms with Crippen LogP contribution in [0.25, 0.3) is 0 Å². The number of fused-ring (bicyclic) bond motifs is 6. The number of hydrogen-bond donors (Lipinski definition) is 2. The summed E-state index contributed by atoms with van der Waals surface area (Å²) in [5.41, 5.74) is -2.59. The van der Waals surface area contributed by atoms with Gasteiger partial charge in [-0.2, -0.15) is 0 Å². The highest BCUT2D eigenvalue weighted by atomic mass is 19.1. The van der Waals surface area contributed by atoms with Crippen LogP contribution in [-0.4, -0.2) is 44.6 Å². The first-order valence-electron chi connectivity index (χ1n) is 10.0. The maximum atomic E-state index is 14.1. The lowest BCUT2D eigenvalue weighted by molar-refractivity contribution is 0.0315. The number of carbonyl (C=O) groups is 2. The van der Waals surface area contributed by atoms with Crippen molar-refractivity contribution in [2.24, 2.45) is 5.92 Å². The zero-order valence-corrected chi connectivity index (χ0v) is 16.4. The van der Waals surface area contributed by atoms with Gasteiger partial charge in [-0.05, 0) is 18.8 Å². The Bertz CT molecular complexity index is 1210. The smallest absolute Gasteiger partial charge is 0.275 e. The van der Waals surface area contributed by atoms with E-state index in [0.717, 1.165) is 6.20 Å². The van der Waals surface area contributed by atoms with Crippen LogP contribution in [0.3, 0.4) is 0 Å². The number of nitrogens with one attached hydrogen (secondary N) is 1. The molecule has 7 nitrogen and oxygen atoms in total. The number of pyridine rings is 1. The minimum atomic E-state index is -1.21. The molecule has 1 aromatic heterocycles. The molecule has 168 valence electrons. The van der Waals surface area contributed by atoms with Crippen LogP contribution in [0.1, 0.15) is 39.3 Å². The van der Waals surface area contributed by atoms with Crippen molar-refractivity contribution in [2.45, 2.75) is 44.2 Å². The Balaban J connectivity index is 1.44. The standard InChI is InChI=1S/C21H17F4N3O4/c22-9-3-12(23)10(13(24)4-9)5-26-20(31)11-6-27-7-16-8-1-14(25)15(2-8)28(16)21(32)17(27)19(30)18(11)29/h3-4,6,8,14-16,30H,1-2,5,7H2,(H,26,31)/t8-,14-,15?,16+/m0/s1. The summed E-state index contributed by atoms with van der Waals surface area (Å²) in [5, 5.41) is 12.6. The highest BCUT2D eigenvalue weighted by Gasteiger charge is 2.56. The van der Waals surface area contributed by atoms with E-state index in [1.807, 2.05) is 0 Å². The van der Waals surface area contributed by atoms with Crippen molar-refractivity contribution in [1.82, 2.24) is 14.8 Å². The predicted molar refractivity (Wildman–Crippen MR) is 101 cm³/mol. The number of aromatic nitrogens is 1. The van der Waals surface area contributed by atoms with Gasteiger partial charge in [0.2, 0.25) is 5.43 Å². The van der Waals surface area contributed by atoms with E-state index in [2.05, 4.69) is 5.32 Å². The Kier molecular flexibility index (Phi) is 4.54. The molecule has 32 heavy (non-hydrogen) atoms. The van der Waals surface area contributed by atoms with Crippen LogP contribution in [0.2, 0.25) is 0 Å². The van der Waals surface area contributed by atoms with Gasteiger partial charge >= 0.3 is 0 Å². The van der Waals surface area contributed by atoms with Gasteiger partial charge in [0.15, 0.2) is 11.4 Å². The first-order chi connectivity index (χ1) is 15.2. The number of halogens is 4. The second kappa shape index (κ2) is 7.07. The molecule has 1 aliphatic carbocycles. The van der Waals surface area contributed by atoms with Gasteiger partial charge in [-0.25, -0.2) is 17.6 Å². The molecule has 0 spiro atoms. The first kappa shape index (κ1) is 20.5. The highest BCUT2D eigenvalue weighted by molar-refractivity contribution is 5.99. The largest absolute Gasteiger partial charge is 0.503 e. The number of alkyl halides is 1. The molecule has 2 bridgehead atoms. The zero-order chi connectivity index (χ0) is 22.9. The SMILES string of the molecule is O=C(NCc1c(F)cc(F)cc1F)c1cn2c(c(O)c1=O)C(=O)N1C3C[C@H](C[C@@H]3F)[C@H]1C2. The van der Waals surface area contributed by atoms with Crippen molar-refractivity contribution in [1.29, 1.82) is 0 Å². The summed E-state index contributed by atoms with van der Waals surface area (Å²) < 4.78 is 56.1. The van der Waals surface area contributed by atoms with Crippen molar-refractivity contribution < 1.29 is 32.3 Å². The lowest BCUT2D eigenvalue weighted by Gasteiger charge is -2.41. The second-order valence-corrected chi connectivity index (χ2v) is 8.35. The van der Waals surface area contributed by atoms with Crippen LogP contribution in [0.4, 0.5) is 17.6 Å². The van der Waals surface area contributed by atoms with Crippen LogP contribution < -0.4 is 10.7 Å². The molecular formula is C21H17F4N3O4. The Labute approximate surface area is 178 Å². The van der Waals surface area contributed by atoms with Crippen LogP contribution in [0.5, 0.6) is 5.75 Å². The number of rotatable bonds is 3. The first-order valence-corrected chi connectivity index (χ1v) is 10.0. The summed E-state index contributed by atoms with van der Waals surface area (Å²) >= 11 is 0. The molecule has 4 atom stereocenters. The average molecular weight is 451 g/mol. The van der Waals surface area contributed by atoms with E-state index in [-0.39, 0.29) is 24.2 Å². The quantitative estimate of drug-likeness (QED) is 0.697. The third-order valence-electron chi connectivity index (χ3n) is 6.60. The fourth-order valence-electron chi connectivity index (χ4n) is 5.12. The summed E-state index contributed by atoms with van der Waals surface area (Å²) in [4.78, 5) is 39.4. The molecule has 2 aliphatic heterocycles. The summed E-state index contributed by atoms with van der Waals surface area (Å²) in [6.07, 6.45) is 0.776. The van der Waals surface area contributed by atoms with Gasteiger partial charge in [-0.15, -0.1) is 0 Å². The van der Waals surface area contributed by atoms with Crippen LogP contribution in [0.15, 0.2) is 23.1 Å². The lowest BCUT2D eigenvalue weighted by atomic mass is 9.95. The van der Waals surface area contributed by atoms with E-state index >= 15 is 0 Å². The normalized spacial score (nSPS) is 25.6. The van der Waals surface area contributed by atoms with Crippen LogP contribution in [0, 0.1) is 23.4 Å². The predicted octanol–water partition coefficient (Wildman–Crippen LogP) is 1.86. The van der Waals surface area contributed by atoms with Gasteiger partial charge in [0.05, 0.1) is 12.1 Å². The van der Waals surface area contributed by atoms with E-state index < -0.39 is 70.3 Å². The maximum Gasteiger partial charge on any atom is 0.275 e. The number of carbonyl (C=O) groups excluding carboxylic acids is 2. The number of benzene rings is 1. The molecule has 5 rings (SSSR count). The van der Waals surface area contributed by atoms with Gasteiger partial charge in [-0.3, -0.25) is 14.4 Å². The van der Waals surface area contributed by atoms with E-state index in [0.29, 0.717) is 25.0 Å². The molecule has 1 saturated carbocycles. The van der Waals surface area contributed by atoms with E-state index in [4.69, 9.17) is 0 Å². The minimum Gasteiger partial charge on any atom is -0.503 e. The number of nitrogens with zero attached hydrogens (tertiary/aromatic N) is 2. The number of aromatic hydroxyl groups is 1. The van der Waals surface area contributed by atoms with Crippen molar-refractivity contribution in [3.8, 4) is 5.75 Å². The molecule has 2 aromatic rings. The summed E-state index contributed by atoms with van der Waals surface area (Å²) in [7, 11) is 0. The molecule has 1 unspecified atom stereocenters.